The van der Waals surface area contributed by atoms with Crippen molar-refractivity contribution >= 4 is 0 Å². The zero-order valence-corrected chi connectivity index (χ0v) is 17.1. The average molecular weight is 355 g/mol. The van der Waals surface area contributed by atoms with Crippen LogP contribution < -0.4 is 0 Å². The quantitative estimate of drug-likeness (QED) is 0.439. The molecule has 2 rings (SSSR count). The molecule has 0 bridgehead atoms. The van der Waals surface area contributed by atoms with Gasteiger partial charge in [-0.1, -0.05) is 45.0 Å². The molecular weight excluding hydrogens is 320 g/mol. The van der Waals surface area contributed by atoms with Gasteiger partial charge >= 0.3 is 0 Å². The Balaban J connectivity index is 0.000000412. The molecule has 0 spiro atoms. The first-order valence-corrected chi connectivity index (χ1v) is 9.69. The molecule has 3 nitrogen and oxygen atoms in total. The molecule has 1 heterocycles. The van der Waals surface area contributed by atoms with E-state index in [9.17, 15) is 0 Å². The summed E-state index contributed by atoms with van der Waals surface area (Å²) in [5, 5.41) is 0. The summed E-state index contributed by atoms with van der Waals surface area (Å²) in [4.78, 5) is 9.12. The van der Waals surface area contributed by atoms with Gasteiger partial charge in [0.1, 0.15) is 5.82 Å². The molecule has 3 heteroatoms. The van der Waals surface area contributed by atoms with Crippen LogP contribution >= 0.6 is 0 Å². The van der Waals surface area contributed by atoms with Gasteiger partial charge in [-0.3, -0.25) is 0 Å². The van der Waals surface area contributed by atoms with E-state index in [4.69, 9.17) is 4.74 Å². The number of aromatic nitrogens is 2. The molecule has 0 fully saturated rings. The van der Waals surface area contributed by atoms with E-state index in [1.807, 2.05) is 13.0 Å². The number of ether oxygens (including phenoxy) is 1. The molecule has 0 saturated carbocycles. The summed E-state index contributed by atoms with van der Waals surface area (Å²) in [7, 11) is 0. The minimum atomic E-state index is 0.787. The Morgan fingerprint density at radius 1 is 1.04 bits per heavy atom. The molecule has 0 radical (unpaired) electrons. The zero-order valence-electron chi connectivity index (χ0n) is 17.1. The van der Waals surface area contributed by atoms with Gasteiger partial charge in [0.25, 0.3) is 0 Å². The van der Waals surface area contributed by atoms with Gasteiger partial charge in [0.2, 0.25) is 0 Å². The highest BCUT2D eigenvalue weighted by atomic mass is 16.5. The van der Waals surface area contributed by atoms with Crippen LogP contribution in [0.2, 0.25) is 0 Å². The summed E-state index contributed by atoms with van der Waals surface area (Å²) < 4.78 is 5.13. The van der Waals surface area contributed by atoms with E-state index in [0.717, 1.165) is 61.7 Å². The van der Waals surface area contributed by atoms with Crippen LogP contribution in [-0.4, -0.2) is 23.2 Å². The van der Waals surface area contributed by atoms with Gasteiger partial charge in [-0.15, -0.1) is 6.58 Å². The average Bonchev–Trinajstić information content (AvgIpc) is 2.65. The van der Waals surface area contributed by atoms with Crippen molar-refractivity contribution < 1.29 is 4.74 Å². The Hall–Kier alpha value is -2.00. The molecule has 0 saturated heterocycles. The zero-order chi connectivity index (χ0) is 19.4. The van der Waals surface area contributed by atoms with E-state index in [1.54, 1.807) is 0 Å². The van der Waals surface area contributed by atoms with Crippen LogP contribution in [0.1, 0.15) is 56.3 Å². The van der Waals surface area contributed by atoms with Gasteiger partial charge < -0.3 is 4.74 Å². The van der Waals surface area contributed by atoms with Crippen LogP contribution in [-0.2, 0) is 17.6 Å². The maximum absolute atomic E-state index is 5.13. The van der Waals surface area contributed by atoms with Crippen molar-refractivity contribution in [2.45, 2.75) is 60.3 Å². The molecular formula is C23H34N2O. The maximum atomic E-state index is 5.13. The molecule has 0 aliphatic heterocycles. The first-order chi connectivity index (χ1) is 12.6. The van der Waals surface area contributed by atoms with Crippen LogP contribution in [0.25, 0.3) is 11.3 Å². The van der Waals surface area contributed by atoms with Crippen LogP contribution in [0.5, 0.6) is 0 Å². The monoisotopic (exact) mass is 354 g/mol. The Bertz CT molecular complexity index is 676. The predicted octanol–water partition coefficient (Wildman–Crippen LogP) is 5.87. The van der Waals surface area contributed by atoms with Crippen LogP contribution in [0.3, 0.4) is 0 Å². The first-order valence-electron chi connectivity index (χ1n) is 9.69. The van der Waals surface area contributed by atoms with Crippen molar-refractivity contribution in [3.63, 3.8) is 0 Å². The van der Waals surface area contributed by atoms with Gasteiger partial charge in [-0.05, 0) is 50.3 Å². The number of rotatable bonds is 8. The number of hydrogen-bond acceptors (Lipinski definition) is 3. The fraction of sp³-hybridized carbons (Fsp3) is 0.478. The molecule has 0 aliphatic carbocycles. The number of aryl methyl sites for hydroxylation is 2. The predicted molar refractivity (Wildman–Crippen MR) is 112 cm³/mol. The Morgan fingerprint density at radius 3 is 2.31 bits per heavy atom. The third kappa shape index (κ3) is 7.09. The van der Waals surface area contributed by atoms with Gasteiger partial charge in [-0.2, -0.15) is 0 Å². The van der Waals surface area contributed by atoms with E-state index in [0.29, 0.717) is 0 Å². The van der Waals surface area contributed by atoms with Gasteiger partial charge in [0, 0.05) is 25.2 Å². The molecule has 0 amide bonds. The number of benzene rings is 1. The minimum absolute atomic E-state index is 0.787. The first kappa shape index (κ1) is 22.0. The molecule has 1 aromatic heterocycles. The number of allylic oxidation sites excluding steroid dienone is 1. The van der Waals surface area contributed by atoms with Gasteiger partial charge in [0.05, 0.1) is 11.4 Å². The standard InChI is InChI=1S/C17H20N2.C6H14O/c1-5-8-16-12(3)17(19-13(4)18-16)15-10-7-9-14(6-2)11-15;1-3-5-7-6-4-2/h5,7,9-11H,1,6,8H2,2-4H3;3-6H2,1-2H3. The molecule has 1 aromatic carbocycles. The van der Waals surface area contributed by atoms with Crippen molar-refractivity contribution in [1.29, 1.82) is 0 Å². The minimum Gasteiger partial charge on any atom is -0.381 e. The Labute approximate surface area is 159 Å². The lowest BCUT2D eigenvalue weighted by atomic mass is 10.0. The van der Waals surface area contributed by atoms with E-state index in [1.165, 1.54) is 11.1 Å². The van der Waals surface area contributed by atoms with E-state index >= 15 is 0 Å². The summed E-state index contributed by atoms with van der Waals surface area (Å²) in [5.74, 6) is 0.819. The second kappa shape index (κ2) is 12.4. The topological polar surface area (TPSA) is 35.0 Å². The summed E-state index contributed by atoms with van der Waals surface area (Å²) in [5.41, 5.74) is 5.77. The lowest BCUT2D eigenvalue weighted by Gasteiger charge is -2.11. The van der Waals surface area contributed by atoms with Crippen molar-refractivity contribution in [3.05, 3.63) is 59.6 Å². The molecule has 2 aromatic rings. The molecule has 0 atom stereocenters. The van der Waals surface area contributed by atoms with E-state index in [2.05, 4.69) is 68.5 Å². The number of hydrogen-bond donors (Lipinski definition) is 0. The highest BCUT2D eigenvalue weighted by molar-refractivity contribution is 5.64. The molecule has 0 unspecified atom stereocenters. The van der Waals surface area contributed by atoms with Crippen molar-refractivity contribution in [2.24, 2.45) is 0 Å². The lowest BCUT2D eigenvalue weighted by molar-refractivity contribution is 0.135. The summed E-state index contributed by atoms with van der Waals surface area (Å²) in [6.07, 6.45) is 5.99. The SMILES string of the molecule is C=CCc1nc(C)nc(-c2cccc(CC)c2)c1C.CCCOCCC. The Morgan fingerprint density at radius 2 is 1.73 bits per heavy atom. The van der Waals surface area contributed by atoms with Crippen molar-refractivity contribution in [2.75, 3.05) is 13.2 Å². The van der Waals surface area contributed by atoms with Crippen molar-refractivity contribution in [1.82, 2.24) is 9.97 Å². The molecule has 0 aliphatic rings. The van der Waals surface area contributed by atoms with Crippen LogP contribution in [0.15, 0.2) is 36.9 Å². The molecule has 0 N–H and O–H groups in total. The van der Waals surface area contributed by atoms with Gasteiger partial charge in [-0.25, -0.2) is 9.97 Å². The second-order valence-corrected chi connectivity index (χ2v) is 6.35. The highest BCUT2D eigenvalue weighted by Crippen LogP contribution is 2.24. The van der Waals surface area contributed by atoms with Crippen molar-refractivity contribution in [3.8, 4) is 11.3 Å². The van der Waals surface area contributed by atoms with E-state index < -0.39 is 0 Å². The molecule has 26 heavy (non-hydrogen) atoms. The lowest BCUT2D eigenvalue weighted by Crippen LogP contribution is -2.02. The van der Waals surface area contributed by atoms with E-state index in [-0.39, 0.29) is 0 Å². The fourth-order valence-corrected chi connectivity index (χ4v) is 2.63. The Kier molecular flexibility index (Phi) is 10.5. The third-order valence-electron chi connectivity index (χ3n) is 4.00. The smallest absolute Gasteiger partial charge is 0.126 e. The normalized spacial score (nSPS) is 10.2. The fourth-order valence-electron chi connectivity index (χ4n) is 2.63. The molecule has 142 valence electrons. The maximum Gasteiger partial charge on any atom is 0.126 e. The number of nitrogens with zero attached hydrogens (tertiary/aromatic N) is 2. The van der Waals surface area contributed by atoms with Crippen LogP contribution in [0.4, 0.5) is 0 Å². The summed E-state index contributed by atoms with van der Waals surface area (Å²) in [6, 6.07) is 8.58. The second-order valence-electron chi connectivity index (χ2n) is 6.35. The third-order valence-corrected chi connectivity index (χ3v) is 4.00. The highest BCUT2D eigenvalue weighted by Gasteiger charge is 2.10. The largest absolute Gasteiger partial charge is 0.381 e. The summed E-state index contributed by atoms with van der Waals surface area (Å²) in [6.45, 7) is 16.1. The van der Waals surface area contributed by atoms with Crippen LogP contribution in [0, 0.1) is 13.8 Å². The van der Waals surface area contributed by atoms with Gasteiger partial charge in [0.15, 0.2) is 0 Å². The summed E-state index contributed by atoms with van der Waals surface area (Å²) >= 11 is 0.